The summed E-state index contributed by atoms with van der Waals surface area (Å²) in [5, 5.41) is 12.6. The summed E-state index contributed by atoms with van der Waals surface area (Å²) in [7, 11) is 0. The standard InChI is InChI=1S/C15H28N4O/c1-4-7-9-19(10-11-20)15-13(6-3)14(16-8-5-2)17-12-18-15/h12,20H,4-11H2,1-3H3,(H,16,17,18). The van der Waals surface area contributed by atoms with E-state index in [9.17, 15) is 5.11 Å². The fourth-order valence-electron chi connectivity index (χ4n) is 2.19. The summed E-state index contributed by atoms with van der Waals surface area (Å²) in [5.74, 6) is 1.89. The number of hydrogen-bond donors (Lipinski definition) is 2. The van der Waals surface area contributed by atoms with E-state index in [1.807, 2.05) is 0 Å². The maximum Gasteiger partial charge on any atom is 0.137 e. The maximum absolute atomic E-state index is 9.27. The molecule has 0 atom stereocenters. The fourth-order valence-corrected chi connectivity index (χ4v) is 2.19. The number of rotatable bonds is 10. The lowest BCUT2D eigenvalue weighted by atomic mass is 10.2. The van der Waals surface area contributed by atoms with E-state index in [0.717, 1.165) is 56.0 Å². The topological polar surface area (TPSA) is 61.3 Å². The molecular weight excluding hydrogens is 252 g/mol. The number of hydrogen-bond acceptors (Lipinski definition) is 5. The third-order valence-corrected chi connectivity index (χ3v) is 3.27. The van der Waals surface area contributed by atoms with E-state index in [-0.39, 0.29) is 6.61 Å². The highest BCUT2D eigenvalue weighted by atomic mass is 16.3. The van der Waals surface area contributed by atoms with Gasteiger partial charge < -0.3 is 15.3 Å². The number of aromatic nitrogens is 2. The minimum atomic E-state index is 0.147. The van der Waals surface area contributed by atoms with Crippen molar-refractivity contribution in [2.45, 2.75) is 46.5 Å². The third-order valence-electron chi connectivity index (χ3n) is 3.27. The number of aliphatic hydroxyl groups is 1. The number of unbranched alkanes of at least 4 members (excludes halogenated alkanes) is 1. The molecule has 0 bridgehead atoms. The Kier molecular flexibility index (Phi) is 7.95. The smallest absolute Gasteiger partial charge is 0.137 e. The molecule has 1 aromatic rings. The summed E-state index contributed by atoms with van der Waals surface area (Å²) in [6.45, 7) is 9.04. The van der Waals surface area contributed by atoms with Crippen molar-refractivity contribution in [2.75, 3.05) is 36.5 Å². The monoisotopic (exact) mass is 280 g/mol. The Labute approximate surface area is 122 Å². The molecule has 0 aliphatic carbocycles. The zero-order valence-corrected chi connectivity index (χ0v) is 13.0. The normalized spacial score (nSPS) is 10.6. The van der Waals surface area contributed by atoms with Gasteiger partial charge in [-0.25, -0.2) is 9.97 Å². The molecule has 5 heteroatoms. The molecule has 114 valence electrons. The van der Waals surface area contributed by atoms with E-state index >= 15 is 0 Å². The molecule has 0 aliphatic heterocycles. The zero-order chi connectivity index (χ0) is 14.8. The highest BCUT2D eigenvalue weighted by Gasteiger charge is 2.15. The van der Waals surface area contributed by atoms with Crippen LogP contribution in [-0.2, 0) is 6.42 Å². The van der Waals surface area contributed by atoms with Gasteiger partial charge in [0.05, 0.1) is 6.61 Å². The lowest BCUT2D eigenvalue weighted by Gasteiger charge is -2.25. The number of aliphatic hydroxyl groups excluding tert-OH is 1. The summed E-state index contributed by atoms with van der Waals surface area (Å²) in [4.78, 5) is 11.0. The first kappa shape index (κ1) is 16.7. The van der Waals surface area contributed by atoms with Gasteiger partial charge in [-0.05, 0) is 19.3 Å². The van der Waals surface area contributed by atoms with Crippen LogP contribution in [0.15, 0.2) is 6.33 Å². The summed E-state index contributed by atoms with van der Waals surface area (Å²) in [5.41, 5.74) is 1.14. The van der Waals surface area contributed by atoms with E-state index < -0.39 is 0 Å². The van der Waals surface area contributed by atoms with Crippen molar-refractivity contribution in [2.24, 2.45) is 0 Å². The Hall–Kier alpha value is -1.36. The van der Waals surface area contributed by atoms with Gasteiger partial charge in [0.1, 0.15) is 18.0 Å². The van der Waals surface area contributed by atoms with Crippen molar-refractivity contribution in [3.63, 3.8) is 0 Å². The molecule has 20 heavy (non-hydrogen) atoms. The fraction of sp³-hybridized carbons (Fsp3) is 0.733. The SMILES string of the molecule is CCCCN(CCO)c1ncnc(NCCC)c1CC. The third kappa shape index (κ3) is 4.63. The number of nitrogens with one attached hydrogen (secondary N) is 1. The van der Waals surface area contributed by atoms with E-state index in [4.69, 9.17) is 0 Å². The molecule has 0 unspecified atom stereocenters. The Morgan fingerprint density at radius 2 is 1.95 bits per heavy atom. The van der Waals surface area contributed by atoms with Crippen molar-refractivity contribution in [3.8, 4) is 0 Å². The minimum Gasteiger partial charge on any atom is -0.395 e. The van der Waals surface area contributed by atoms with Crippen molar-refractivity contribution in [1.82, 2.24) is 9.97 Å². The van der Waals surface area contributed by atoms with E-state index in [2.05, 4.69) is 41.0 Å². The average molecular weight is 280 g/mol. The first-order valence-electron chi connectivity index (χ1n) is 7.71. The summed E-state index contributed by atoms with van der Waals surface area (Å²) >= 11 is 0. The van der Waals surface area contributed by atoms with Gasteiger partial charge in [0.2, 0.25) is 0 Å². The van der Waals surface area contributed by atoms with Gasteiger partial charge in [0, 0.05) is 25.2 Å². The van der Waals surface area contributed by atoms with Crippen molar-refractivity contribution in [1.29, 1.82) is 0 Å². The largest absolute Gasteiger partial charge is 0.395 e. The highest BCUT2D eigenvalue weighted by Crippen LogP contribution is 2.24. The second kappa shape index (κ2) is 9.53. The molecule has 0 aliphatic rings. The summed E-state index contributed by atoms with van der Waals surface area (Å²) < 4.78 is 0. The van der Waals surface area contributed by atoms with Gasteiger partial charge in [-0.1, -0.05) is 27.2 Å². The molecule has 0 saturated carbocycles. The molecule has 0 spiro atoms. The van der Waals surface area contributed by atoms with Crippen LogP contribution in [-0.4, -0.2) is 41.3 Å². The summed E-state index contributed by atoms with van der Waals surface area (Å²) in [6.07, 6.45) is 5.80. The lowest BCUT2D eigenvalue weighted by molar-refractivity contribution is 0.301. The van der Waals surface area contributed by atoms with Crippen molar-refractivity contribution >= 4 is 11.6 Å². The van der Waals surface area contributed by atoms with E-state index in [0.29, 0.717) is 6.54 Å². The van der Waals surface area contributed by atoms with Crippen LogP contribution in [0.1, 0.15) is 45.6 Å². The lowest BCUT2D eigenvalue weighted by Crippen LogP contribution is -2.30. The van der Waals surface area contributed by atoms with Crippen LogP contribution in [0.25, 0.3) is 0 Å². The van der Waals surface area contributed by atoms with Crippen LogP contribution in [0.5, 0.6) is 0 Å². The Balaban J connectivity index is 2.99. The van der Waals surface area contributed by atoms with Gasteiger partial charge in [-0.15, -0.1) is 0 Å². The van der Waals surface area contributed by atoms with Crippen LogP contribution in [0.2, 0.25) is 0 Å². The predicted molar refractivity (Wildman–Crippen MR) is 84.4 cm³/mol. The molecule has 0 saturated heterocycles. The second-order valence-electron chi connectivity index (χ2n) is 4.87. The van der Waals surface area contributed by atoms with E-state index in [1.165, 1.54) is 0 Å². The molecule has 0 radical (unpaired) electrons. The van der Waals surface area contributed by atoms with Gasteiger partial charge in [-0.2, -0.15) is 0 Å². The summed E-state index contributed by atoms with van der Waals surface area (Å²) in [6, 6.07) is 0. The van der Waals surface area contributed by atoms with Crippen LogP contribution >= 0.6 is 0 Å². The van der Waals surface area contributed by atoms with Crippen LogP contribution in [0.4, 0.5) is 11.6 Å². The highest BCUT2D eigenvalue weighted by molar-refractivity contribution is 5.58. The second-order valence-corrected chi connectivity index (χ2v) is 4.87. The quantitative estimate of drug-likeness (QED) is 0.689. The molecule has 5 nitrogen and oxygen atoms in total. The number of nitrogens with zero attached hydrogens (tertiary/aromatic N) is 3. The Morgan fingerprint density at radius 3 is 2.55 bits per heavy atom. The molecule has 0 aromatic carbocycles. The first-order chi connectivity index (χ1) is 9.78. The minimum absolute atomic E-state index is 0.147. The molecule has 2 N–H and O–H groups in total. The maximum atomic E-state index is 9.27. The Morgan fingerprint density at radius 1 is 1.15 bits per heavy atom. The van der Waals surface area contributed by atoms with Gasteiger partial charge >= 0.3 is 0 Å². The molecule has 1 aromatic heterocycles. The van der Waals surface area contributed by atoms with Crippen molar-refractivity contribution < 1.29 is 5.11 Å². The van der Waals surface area contributed by atoms with Gasteiger partial charge in [0.15, 0.2) is 0 Å². The Bertz CT molecular complexity index is 384. The predicted octanol–water partition coefficient (Wildman–Crippen LogP) is 2.46. The first-order valence-corrected chi connectivity index (χ1v) is 7.71. The molecule has 0 fully saturated rings. The van der Waals surface area contributed by atoms with E-state index in [1.54, 1.807) is 6.33 Å². The average Bonchev–Trinajstić information content (AvgIpc) is 2.48. The van der Waals surface area contributed by atoms with Crippen LogP contribution < -0.4 is 10.2 Å². The molecular formula is C15H28N4O. The van der Waals surface area contributed by atoms with Gasteiger partial charge in [-0.3, -0.25) is 0 Å². The van der Waals surface area contributed by atoms with Crippen LogP contribution in [0, 0.1) is 0 Å². The molecule has 0 amide bonds. The number of anilines is 2. The zero-order valence-electron chi connectivity index (χ0n) is 13.0. The molecule has 1 heterocycles. The van der Waals surface area contributed by atoms with Crippen molar-refractivity contribution in [3.05, 3.63) is 11.9 Å². The van der Waals surface area contributed by atoms with Gasteiger partial charge in [0.25, 0.3) is 0 Å². The molecule has 1 rings (SSSR count). The van der Waals surface area contributed by atoms with Crippen LogP contribution in [0.3, 0.4) is 0 Å².